The van der Waals surface area contributed by atoms with Gasteiger partial charge in [-0.25, -0.2) is 0 Å². The van der Waals surface area contributed by atoms with Gasteiger partial charge in [-0.1, -0.05) is 35.5 Å². The summed E-state index contributed by atoms with van der Waals surface area (Å²) in [5, 5.41) is 4.07. The lowest BCUT2D eigenvalue weighted by molar-refractivity contribution is 0.196. The first-order valence-corrected chi connectivity index (χ1v) is 9.28. The molecule has 29 heavy (non-hydrogen) atoms. The Labute approximate surface area is 176 Å². The molecule has 0 saturated carbocycles. The van der Waals surface area contributed by atoms with Crippen molar-refractivity contribution in [3.8, 4) is 11.5 Å². The maximum absolute atomic E-state index is 5.60. The number of methoxy groups -OCH3 is 2. The summed E-state index contributed by atoms with van der Waals surface area (Å²) in [6, 6.07) is 14.7. The summed E-state index contributed by atoms with van der Waals surface area (Å²) in [5.41, 5.74) is 9.28. The number of nitrogens with zero attached hydrogens (tertiary/aromatic N) is 3. The Morgan fingerprint density at radius 2 is 1.86 bits per heavy atom. The van der Waals surface area contributed by atoms with Crippen molar-refractivity contribution in [1.29, 1.82) is 0 Å². The van der Waals surface area contributed by atoms with Gasteiger partial charge in [-0.3, -0.25) is 4.90 Å². The third kappa shape index (κ3) is 4.22. The SMILES string of the molecule is COc1cc2c(cc1OC)C(c1ccccc1)N(Cc1noc(CN)n1)CC2.Cl. The van der Waals surface area contributed by atoms with Crippen LogP contribution in [0.2, 0.25) is 0 Å². The van der Waals surface area contributed by atoms with Crippen molar-refractivity contribution in [2.75, 3.05) is 20.8 Å². The molecule has 2 heterocycles. The molecule has 0 amide bonds. The van der Waals surface area contributed by atoms with Crippen LogP contribution in [0, 0.1) is 0 Å². The number of hydrogen-bond acceptors (Lipinski definition) is 7. The van der Waals surface area contributed by atoms with E-state index in [4.69, 9.17) is 19.7 Å². The van der Waals surface area contributed by atoms with Crippen LogP contribution in [0.3, 0.4) is 0 Å². The normalized spacial score (nSPS) is 16.0. The molecule has 4 rings (SSSR count). The standard InChI is InChI=1S/C21H24N4O3.ClH/c1-26-17-10-15-8-9-25(13-19-23-20(12-22)28-24-19)21(14-6-4-3-5-7-14)16(15)11-18(17)27-2;/h3-7,10-11,21H,8-9,12-13,22H2,1-2H3;1H. The summed E-state index contributed by atoms with van der Waals surface area (Å²) in [7, 11) is 3.33. The lowest BCUT2D eigenvalue weighted by Gasteiger charge is -2.37. The summed E-state index contributed by atoms with van der Waals surface area (Å²) in [6.45, 7) is 1.69. The fourth-order valence-electron chi connectivity index (χ4n) is 3.81. The van der Waals surface area contributed by atoms with Gasteiger partial charge in [0, 0.05) is 6.54 Å². The van der Waals surface area contributed by atoms with E-state index in [2.05, 4.69) is 51.4 Å². The largest absolute Gasteiger partial charge is 0.493 e. The summed E-state index contributed by atoms with van der Waals surface area (Å²) in [5.74, 6) is 2.58. The number of halogens is 1. The lowest BCUT2D eigenvalue weighted by Crippen LogP contribution is -2.36. The number of rotatable bonds is 6. The number of benzene rings is 2. The van der Waals surface area contributed by atoms with Crippen LogP contribution in [0.1, 0.15) is 34.4 Å². The fraction of sp³-hybridized carbons (Fsp3) is 0.333. The minimum Gasteiger partial charge on any atom is -0.493 e. The van der Waals surface area contributed by atoms with E-state index in [0.717, 1.165) is 24.5 Å². The Bertz CT molecular complexity index is 948. The van der Waals surface area contributed by atoms with E-state index in [1.54, 1.807) is 14.2 Å². The molecule has 154 valence electrons. The van der Waals surface area contributed by atoms with E-state index in [-0.39, 0.29) is 25.0 Å². The molecule has 7 nitrogen and oxygen atoms in total. The quantitative estimate of drug-likeness (QED) is 0.660. The van der Waals surface area contributed by atoms with E-state index in [1.807, 2.05) is 6.07 Å². The Morgan fingerprint density at radius 1 is 1.14 bits per heavy atom. The molecule has 0 saturated heterocycles. The molecule has 2 N–H and O–H groups in total. The van der Waals surface area contributed by atoms with Crippen LogP contribution in [0.15, 0.2) is 47.0 Å². The third-order valence-electron chi connectivity index (χ3n) is 5.12. The molecule has 0 radical (unpaired) electrons. The molecule has 1 aromatic heterocycles. The van der Waals surface area contributed by atoms with E-state index >= 15 is 0 Å². The minimum absolute atomic E-state index is 0. The molecule has 0 bridgehead atoms. The van der Waals surface area contributed by atoms with Crippen LogP contribution in [0.25, 0.3) is 0 Å². The molecule has 0 fully saturated rings. The zero-order valence-corrected chi connectivity index (χ0v) is 17.3. The number of aromatic nitrogens is 2. The maximum Gasteiger partial charge on any atom is 0.240 e. The molecule has 0 spiro atoms. The molecular formula is C21H25ClN4O3. The molecule has 1 aliphatic rings. The Balaban J connectivity index is 0.00000240. The van der Waals surface area contributed by atoms with Gasteiger partial charge in [0.05, 0.1) is 33.4 Å². The van der Waals surface area contributed by atoms with Crippen LogP contribution < -0.4 is 15.2 Å². The number of hydrogen-bond donors (Lipinski definition) is 1. The van der Waals surface area contributed by atoms with Gasteiger partial charge in [-0.15, -0.1) is 12.4 Å². The zero-order chi connectivity index (χ0) is 19.5. The summed E-state index contributed by atoms with van der Waals surface area (Å²) >= 11 is 0. The van der Waals surface area contributed by atoms with Gasteiger partial charge in [-0.2, -0.15) is 4.98 Å². The minimum atomic E-state index is 0. The highest BCUT2D eigenvalue weighted by atomic mass is 35.5. The van der Waals surface area contributed by atoms with Gasteiger partial charge >= 0.3 is 0 Å². The zero-order valence-electron chi connectivity index (χ0n) is 16.5. The predicted molar refractivity (Wildman–Crippen MR) is 111 cm³/mol. The van der Waals surface area contributed by atoms with Crippen LogP contribution in [0.5, 0.6) is 11.5 Å². The van der Waals surface area contributed by atoms with Gasteiger partial charge in [0.25, 0.3) is 0 Å². The Kier molecular flexibility index (Phi) is 6.74. The molecule has 1 atom stereocenters. The Morgan fingerprint density at radius 3 is 2.52 bits per heavy atom. The summed E-state index contributed by atoms with van der Waals surface area (Å²) < 4.78 is 16.2. The highest BCUT2D eigenvalue weighted by Gasteiger charge is 2.31. The smallest absolute Gasteiger partial charge is 0.240 e. The summed E-state index contributed by atoms with van der Waals surface area (Å²) in [6.07, 6.45) is 0.903. The Hall–Kier alpha value is -2.61. The van der Waals surface area contributed by atoms with Crippen LogP contribution in [-0.4, -0.2) is 35.8 Å². The first-order valence-electron chi connectivity index (χ1n) is 9.28. The highest BCUT2D eigenvalue weighted by Crippen LogP contribution is 2.41. The fourth-order valence-corrected chi connectivity index (χ4v) is 3.81. The van der Waals surface area contributed by atoms with Gasteiger partial charge in [0.2, 0.25) is 5.89 Å². The number of nitrogens with two attached hydrogens (primary N) is 1. The second-order valence-corrected chi connectivity index (χ2v) is 6.75. The van der Waals surface area contributed by atoms with Crippen molar-refractivity contribution >= 4 is 12.4 Å². The molecule has 3 aromatic rings. The van der Waals surface area contributed by atoms with Crippen molar-refractivity contribution in [3.05, 3.63) is 70.9 Å². The number of fused-ring (bicyclic) bond motifs is 1. The van der Waals surface area contributed by atoms with Crippen LogP contribution in [0.4, 0.5) is 0 Å². The van der Waals surface area contributed by atoms with Gasteiger partial charge < -0.3 is 19.7 Å². The van der Waals surface area contributed by atoms with Crippen molar-refractivity contribution in [3.63, 3.8) is 0 Å². The second kappa shape index (κ2) is 9.26. The van der Waals surface area contributed by atoms with Crippen molar-refractivity contribution in [1.82, 2.24) is 15.0 Å². The van der Waals surface area contributed by atoms with E-state index in [9.17, 15) is 0 Å². The topological polar surface area (TPSA) is 86.6 Å². The van der Waals surface area contributed by atoms with Gasteiger partial charge in [0.1, 0.15) is 0 Å². The van der Waals surface area contributed by atoms with Crippen molar-refractivity contribution < 1.29 is 14.0 Å². The van der Waals surface area contributed by atoms with E-state index < -0.39 is 0 Å². The summed E-state index contributed by atoms with van der Waals surface area (Å²) in [4.78, 5) is 6.73. The number of ether oxygens (including phenoxy) is 2. The molecular weight excluding hydrogens is 392 g/mol. The van der Waals surface area contributed by atoms with E-state index in [1.165, 1.54) is 16.7 Å². The van der Waals surface area contributed by atoms with Gasteiger partial charge in [-0.05, 0) is 35.2 Å². The average Bonchev–Trinajstić information content (AvgIpc) is 3.20. The first kappa shape index (κ1) is 21.1. The molecule has 1 aliphatic heterocycles. The maximum atomic E-state index is 5.60. The van der Waals surface area contributed by atoms with Crippen molar-refractivity contribution in [2.45, 2.75) is 25.6 Å². The lowest BCUT2D eigenvalue weighted by atomic mass is 9.87. The average molecular weight is 417 g/mol. The predicted octanol–water partition coefficient (Wildman–Crippen LogP) is 3.12. The first-order chi connectivity index (χ1) is 13.7. The van der Waals surface area contributed by atoms with E-state index in [0.29, 0.717) is 18.3 Å². The monoisotopic (exact) mass is 416 g/mol. The second-order valence-electron chi connectivity index (χ2n) is 6.75. The van der Waals surface area contributed by atoms with Crippen molar-refractivity contribution in [2.24, 2.45) is 5.73 Å². The molecule has 1 unspecified atom stereocenters. The molecule has 2 aromatic carbocycles. The third-order valence-corrected chi connectivity index (χ3v) is 5.12. The van der Waals surface area contributed by atoms with Gasteiger partial charge in [0.15, 0.2) is 17.3 Å². The highest BCUT2D eigenvalue weighted by molar-refractivity contribution is 5.85. The van der Waals surface area contributed by atoms with Crippen LogP contribution in [-0.2, 0) is 19.5 Å². The molecule has 0 aliphatic carbocycles. The molecule has 8 heteroatoms. The van der Waals surface area contributed by atoms with Crippen LogP contribution >= 0.6 is 12.4 Å².